The molecule has 1 aliphatic rings. The van der Waals surface area contributed by atoms with Crippen molar-refractivity contribution in [3.63, 3.8) is 0 Å². The lowest BCUT2D eigenvalue weighted by Gasteiger charge is -2.28. The molecule has 0 aliphatic carbocycles. The van der Waals surface area contributed by atoms with Gasteiger partial charge in [-0.1, -0.05) is 19.1 Å². The van der Waals surface area contributed by atoms with E-state index in [-0.39, 0.29) is 17.9 Å². The van der Waals surface area contributed by atoms with E-state index in [1.807, 2.05) is 30.3 Å². The highest BCUT2D eigenvalue weighted by Crippen LogP contribution is 2.24. The molecule has 2 aromatic rings. The van der Waals surface area contributed by atoms with Crippen LogP contribution in [0.25, 0.3) is 0 Å². The summed E-state index contributed by atoms with van der Waals surface area (Å²) < 4.78 is 12.6. The minimum absolute atomic E-state index is 0.00281. The summed E-state index contributed by atoms with van der Waals surface area (Å²) in [5.74, 6) is 1.60. The Labute approximate surface area is 148 Å². The maximum atomic E-state index is 12.6. The van der Waals surface area contributed by atoms with Crippen LogP contribution >= 0.6 is 0 Å². The zero-order valence-electron chi connectivity index (χ0n) is 14.8. The first-order chi connectivity index (χ1) is 12.2. The highest BCUT2D eigenvalue weighted by Gasteiger charge is 2.27. The van der Waals surface area contributed by atoms with Crippen molar-refractivity contribution in [2.75, 3.05) is 19.0 Å². The standard InChI is InChI=1S/C19H25N3O3/c1-3-16-12-15(9-11-25-16)19(23)21-18-8-10-20-22(18)13-14-4-6-17(24-2)7-5-14/h4-8,10,15-16H,3,9,11-13H2,1-2H3,(H,21,23)/t15-,16-/m1/s1. The van der Waals surface area contributed by atoms with Gasteiger partial charge in [-0.25, -0.2) is 4.68 Å². The smallest absolute Gasteiger partial charge is 0.228 e. The van der Waals surface area contributed by atoms with Gasteiger partial charge >= 0.3 is 0 Å². The first-order valence-electron chi connectivity index (χ1n) is 8.76. The maximum Gasteiger partial charge on any atom is 0.228 e. The summed E-state index contributed by atoms with van der Waals surface area (Å²) in [4.78, 5) is 12.6. The number of ether oxygens (including phenoxy) is 2. The molecule has 1 aliphatic heterocycles. The van der Waals surface area contributed by atoms with Crippen molar-refractivity contribution in [1.29, 1.82) is 0 Å². The summed E-state index contributed by atoms with van der Waals surface area (Å²) in [6.07, 6.45) is 4.40. The molecule has 3 rings (SSSR count). The number of rotatable bonds is 6. The SMILES string of the molecule is CC[C@@H]1C[C@H](C(=O)Nc2ccnn2Cc2ccc(OC)cc2)CCO1. The van der Waals surface area contributed by atoms with E-state index in [1.54, 1.807) is 18.0 Å². The van der Waals surface area contributed by atoms with E-state index < -0.39 is 0 Å². The van der Waals surface area contributed by atoms with Crippen molar-refractivity contribution in [2.24, 2.45) is 5.92 Å². The van der Waals surface area contributed by atoms with Crippen LogP contribution in [0.4, 0.5) is 5.82 Å². The number of carbonyl (C=O) groups excluding carboxylic acids is 1. The molecule has 2 heterocycles. The van der Waals surface area contributed by atoms with E-state index in [1.165, 1.54) is 0 Å². The molecular weight excluding hydrogens is 318 g/mol. The van der Waals surface area contributed by atoms with Gasteiger partial charge in [-0.3, -0.25) is 4.79 Å². The number of nitrogens with zero attached hydrogens (tertiary/aromatic N) is 2. The average molecular weight is 343 g/mol. The molecule has 1 amide bonds. The molecule has 0 unspecified atom stereocenters. The number of amides is 1. The van der Waals surface area contributed by atoms with E-state index in [2.05, 4.69) is 17.3 Å². The first kappa shape index (κ1) is 17.5. The Morgan fingerprint density at radius 2 is 2.16 bits per heavy atom. The Morgan fingerprint density at radius 1 is 1.36 bits per heavy atom. The number of nitrogens with one attached hydrogen (secondary N) is 1. The van der Waals surface area contributed by atoms with Crippen LogP contribution in [0.1, 0.15) is 31.7 Å². The zero-order chi connectivity index (χ0) is 17.6. The van der Waals surface area contributed by atoms with Crippen molar-refractivity contribution < 1.29 is 14.3 Å². The van der Waals surface area contributed by atoms with Crippen LogP contribution in [0, 0.1) is 5.92 Å². The number of carbonyl (C=O) groups is 1. The third kappa shape index (κ3) is 4.39. The van der Waals surface area contributed by atoms with Crippen LogP contribution in [-0.4, -0.2) is 35.5 Å². The third-order valence-corrected chi connectivity index (χ3v) is 4.65. The molecule has 6 nitrogen and oxygen atoms in total. The molecule has 134 valence electrons. The summed E-state index contributed by atoms with van der Waals surface area (Å²) in [5.41, 5.74) is 1.09. The normalized spacial score (nSPS) is 20.2. The molecular formula is C19H25N3O3. The summed E-state index contributed by atoms with van der Waals surface area (Å²) in [5, 5.41) is 7.36. The Bertz CT molecular complexity index is 696. The van der Waals surface area contributed by atoms with Crippen LogP contribution in [0.3, 0.4) is 0 Å². The number of aromatic nitrogens is 2. The minimum atomic E-state index is 0.00281. The van der Waals surface area contributed by atoms with Crippen LogP contribution < -0.4 is 10.1 Å². The van der Waals surface area contributed by atoms with Gasteiger partial charge in [-0.2, -0.15) is 5.10 Å². The topological polar surface area (TPSA) is 65.4 Å². The zero-order valence-corrected chi connectivity index (χ0v) is 14.8. The number of benzene rings is 1. The largest absolute Gasteiger partial charge is 0.497 e. The van der Waals surface area contributed by atoms with Crippen LogP contribution in [0.15, 0.2) is 36.5 Å². The van der Waals surface area contributed by atoms with E-state index in [9.17, 15) is 4.79 Å². The fourth-order valence-electron chi connectivity index (χ4n) is 3.10. The molecule has 1 N–H and O–H groups in total. The number of hydrogen-bond donors (Lipinski definition) is 1. The predicted octanol–water partition coefficient (Wildman–Crippen LogP) is 3.08. The van der Waals surface area contributed by atoms with Gasteiger partial charge < -0.3 is 14.8 Å². The fourth-order valence-corrected chi connectivity index (χ4v) is 3.10. The lowest BCUT2D eigenvalue weighted by molar-refractivity contribution is -0.124. The van der Waals surface area contributed by atoms with Gasteiger partial charge in [-0.05, 0) is 37.0 Å². The predicted molar refractivity (Wildman–Crippen MR) is 95.7 cm³/mol. The summed E-state index contributed by atoms with van der Waals surface area (Å²) in [7, 11) is 1.65. The highest BCUT2D eigenvalue weighted by atomic mass is 16.5. The van der Waals surface area contributed by atoms with Crippen molar-refractivity contribution in [2.45, 2.75) is 38.8 Å². The van der Waals surface area contributed by atoms with Crippen molar-refractivity contribution in [1.82, 2.24) is 9.78 Å². The molecule has 0 saturated carbocycles. The summed E-state index contributed by atoms with van der Waals surface area (Å²) >= 11 is 0. The fraction of sp³-hybridized carbons (Fsp3) is 0.474. The molecule has 6 heteroatoms. The average Bonchev–Trinajstić information content (AvgIpc) is 3.09. The van der Waals surface area contributed by atoms with Gasteiger partial charge in [-0.15, -0.1) is 0 Å². The van der Waals surface area contributed by atoms with Crippen LogP contribution in [0.2, 0.25) is 0 Å². The molecule has 1 aromatic carbocycles. The third-order valence-electron chi connectivity index (χ3n) is 4.65. The second kappa shape index (κ2) is 8.16. The van der Waals surface area contributed by atoms with Crippen molar-refractivity contribution in [3.8, 4) is 5.75 Å². The van der Waals surface area contributed by atoms with Gasteiger partial charge in [0, 0.05) is 18.6 Å². The summed E-state index contributed by atoms with van der Waals surface area (Å²) in [6, 6.07) is 9.67. The molecule has 2 atom stereocenters. The molecule has 1 aromatic heterocycles. The second-order valence-electron chi connectivity index (χ2n) is 6.33. The van der Waals surface area contributed by atoms with E-state index in [4.69, 9.17) is 9.47 Å². The van der Waals surface area contributed by atoms with Crippen molar-refractivity contribution in [3.05, 3.63) is 42.1 Å². The van der Waals surface area contributed by atoms with Gasteiger partial charge in [0.2, 0.25) is 5.91 Å². The molecule has 0 spiro atoms. The lowest BCUT2D eigenvalue weighted by Crippen LogP contribution is -2.33. The molecule has 1 saturated heterocycles. The highest BCUT2D eigenvalue weighted by molar-refractivity contribution is 5.91. The Hall–Kier alpha value is -2.34. The van der Waals surface area contributed by atoms with Gasteiger partial charge in [0.15, 0.2) is 0 Å². The maximum absolute atomic E-state index is 12.6. The first-order valence-corrected chi connectivity index (χ1v) is 8.76. The number of hydrogen-bond acceptors (Lipinski definition) is 4. The molecule has 1 fully saturated rings. The Balaban J connectivity index is 1.63. The summed E-state index contributed by atoms with van der Waals surface area (Å²) in [6.45, 7) is 3.34. The molecule has 0 bridgehead atoms. The van der Waals surface area contributed by atoms with Crippen molar-refractivity contribution >= 4 is 11.7 Å². The van der Waals surface area contributed by atoms with E-state index in [0.717, 1.165) is 36.4 Å². The van der Waals surface area contributed by atoms with Crippen LogP contribution in [0.5, 0.6) is 5.75 Å². The van der Waals surface area contributed by atoms with Crippen LogP contribution in [-0.2, 0) is 16.1 Å². The lowest BCUT2D eigenvalue weighted by atomic mass is 9.93. The van der Waals surface area contributed by atoms with E-state index in [0.29, 0.717) is 13.2 Å². The quantitative estimate of drug-likeness (QED) is 0.875. The number of methoxy groups -OCH3 is 1. The molecule has 0 radical (unpaired) electrons. The van der Waals surface area contributed by atoms with Gasteiger partial charge in [0.05, 0.1) is 26.0 Å². The Morgan fingerprint density at radius 3 is 2.88 bits per heavy atom. The van der Waals surface area contributed by atoms with Gasteiger partial charge in [0.1, 0.15) is 11.6 Å². The molecule has 25 heavy (non-hydrogen) atoms. The minimum Gasteiger partial charge on any atom is -0.497 e. The van der Waals surface area contributed by atoms with E-state index >= 15 is 0 Å². The second-order valence-corrected chi connectivity index (χ2v) is 6.33. The van der Waals surface area contributed by atoms with Gasteiger partial charge in [0.25, 0.3) is 0 Å². The monoisotopic (exact) mass is 343 g/mol. The number of anilines is 1. The Kier molecular flexibility index (Phi) is 5.71.